The van der Waals surface area contributed by atoms with Crippen molar-refractivity contribution in [2.24, 2.45) is 0 Å². The molecule has 90 valence electrons. The van der Waals surface area contributed by atoms with Crippen LogP contribution in [-0.2, 0) is 17.9 Å². The molecule has 0 saturated carbocycles. The van der Waals surface area contributed by atoms with Crippen LogP contribution in [0.15, 0.2) is 24.3 Å². The predicted octanol–water partition coefficient (Wildman–Crippen LogP) is 3.11. The number of rotatable bonds is 8. The SMILES string of the molecule is CCCCOCc1ccc(CNCC)cc1. The number of hydrogen-bond donors (Lipinski definition) is 1. The molecule has 1 aromatic carbocycles. The van der Waals surface area contributed by atoms with E-state index in [1.54, 1.807) is 0 Å². The first-order valence-corrected chi connectivity index (χ1v) is 6.23. The first-order valence-electron chi connectivity index (χ1n) is 6.23. The quantitative estimate of drug-likeness (QED) is 0.681. The van der Waals surface area contributed by atoms with Crippen molar-refractivity contribution in [3.8, 4) is 0 Å². The van der Waals surface area contributed by atoms with Gasteiger partial charge in [-0.25, -0.2) is 0 Å². The molecule has 0 radical (unpaired) electrons. The molecule has 0 saturated heterocycles. The van der Waals surface area contributed by atoms with E-state index < -0.39 is 0 Å². The Morgan fingerprint density at radius 2 is 1.75 bits per heavy atom. The minimum absolute atomic E-state index is 0.738. The second-order valence-electron chi connectivity index (χ2n) is 4.00. The van der Waals surface area contributed by atoms with Crippen molar-refractivity contribution in [2.45, 2.75) is 39.8 Å². The average Bonchev–Trinajstić information content (AvgIpc) is 2.33. The van der Waals surface area contributed by atoms with E-state index in [4.69, 9.17) is 4.74 Å². The van der Waals surface area contributed by atoms with Crippen molar-refractivity contribution in [1.29, 1.82) is 0 Å². The summed E-state index contributed by atoms with van der Waals surface area (Å²) >= 11 is 0. The van der Waals surface area contributed by atoms with Gasteiger partial charge in [0.2, 0.25) is 0 Å². The highest BCUT2D eigenvalue weighted by Crippen LogP contribution is 2.06. The van der Waals surface area contributed by atoms with Crippen LogP contribution in [-0.4, -0.2) is 13.2 Å². The smallest absolute Gasteiger partial charge is 0.0716 e. The van der Waals surface area contributed by atoms with Crippen LogP contribution in [0, 0.1) is 0 Å². The highest BCUT2D eigenvalue weighted by Gasteiger charge is 1.95. The number of hydrogen-bond acceptors (Lipinski definition) is 2. The molecule has 0 aromatic heterocycles. The molecule has 0 amide bonds. The number of ether oxygens (including phenoxy) is 1. The van der Waals surface area contributed by atoms with E-state index in [1.165, 1.54) is 17.5 Å². The lowest BCUT2D eigenvalue weighted by Crippen LogP contribution is -2.11. The van der Waals surface area contributed by atoms with Crippen LogP contribution in [0.4, 0.5) is 0 Å². The van der Waals surface area contributed by atoms with E-state index in [9.17, 15) is 0 Å². The molecule has 0 unspecified atom stereocenters. The molecule has 1 rings (SSSR count). The Morgan fingerprint density at radius 3 is 2.38 bits per heavy atom. The van der Waals surface area contributed by atoms with E-state index in [2.05, 4.69) is 43.4 Å². The summed E-state index contributed by atoms with van der Waals surface area (Å²) in [7, 11) is 0. The highest BCUT2D eigenvalue weighted by atomic mass is 16.5. The molecule has 0 heterocycles. The van der Waals surface area contributed by atoms with E-state index >= 15 is 0 Å². The highest BCUT2D eigenvalue weighted by molar-refractivity contribution is 5.21. The molecule has 0 bridgehead atoms. The van der Waals surface area contributed by atoms with Gasteiger partial charge in [-0.3, -0.25) is 0 Å². The maximum Gasteiger partial charge on any atom is 0.0716 e. The second kappa shape index (κ2) is 8.31. The Bertz CT molecular complexity index is 269. The number of nitrogens with one attached hydrogen (secondary N) is 1. The largest absolute Gasteiger partial charge is 0.377 e. The summed E-state index contributed by atoms with van der Waals surface area (Å²) in [4.78, 5) is 0. The van der Waals surface area contributed by atoms with Gasteiger partial charge in [-0.05, 0) is 24.1 Å². The van der Waals surface area contributed by atoms with E-state index in [-0.39, 0.29) is 0 Å². The molecule has 0 aliphatic rings. The standard InChI is InChI=1S/C14H23NO/c1-3-5-10-16-12-14-8-6-13(7-9-14)11-15-4-2/h6-9,15H,3-5,10-12H2,1-2H3. The summed E-state index contributed by atoms with van der Waals surface area (Å²) in [6.07, 6.45) is 2.35. The lowest BCUT2D eigenvalue weighted by atomic mass is 10.1. The van der Waals surface area contributed by atoms with Gasteiger partial charge in [0.25, 0.3) is 0 Å². The van der Waals surface area contributed by atoms with Crippen LogP contribution in [0.2, 0.25) is 0 Å². The van der Waals surface area contributed by atoms with Crippen molar-refractivity contribution in [2.75, 3.05) is 13.2 Å². The van der Waals surface area contributed by atoms with Crippen LogP contribution < -0.4 is 5.32 Å². The molecule has 1 aromatic rings. The normalized spacial score (nSPS) is 10.6. The lowest BCUT2D eigenvalue weighted by Gasteiger charge is -2.05. The molecule has 16 heavy (non-hydrogen) atoms. The van der Waals surface area contributed by atoms with Gasteiger partial charge in [0.1, 0.15) is 0 Å². The summed E-state index contributed by atoms with van der Waals surface area (Å²) in [5, 5.41) is 3.31. The Kier molecular flexibility index (Phi) is 6.86. The second-order valence-corrected chi connectivity index (χ2v) is 4.00. The van der Waals surface area contributed by atoms with Crippen LogP contribution in [0.1, 0.15) is 37.8 Å². The molecule has 0 spiro atoms. The molecule has 2 nitrogen and oxygen atoms in total. The molecule has 0 atom stereocenters. The van der Waals surface area contributed by atoms with Gasteiger partial charge < -0.3 is 10.1 Å². The number of unbranched alkanes of at least 4 members (excludes halogenated alkanes) is 1. The fourth-order valence-corrected chi connectivity index (χ4v) is 1.46. The van der Waals surface area contributed by atoms with Crippen LogP contribution >= 0.6 is 0 Å². The van der Waals surface area contributed by atoms with Gasteiger partial charge in [0.15, 0.2) is 0 Å². The molecule has 0 aliphatic carbocycles. The first-order chi connectivity index (χ1) is 7.86. The Balaban J connectivity index is 2.27. The summed E-state index contributed by atoms with van der Waals surface area (Å²) in [5.41, 5.74) is 2.59. The fourth-order valence-electron chi connectivity index (χ4n) is 1.46. The molecule has 2 heteroatoms. The minimum atomic E-state index is 0.738. The maximum absolute atomic E-state index is 5.57. The van der Waals surface area contributed by atoms with Gasteiger partial charge in [-0.2, -0.15) is 0 Å². The zero-order valence-corrected chi connectivity index (χ0v) is 10.5. The van der Waals surface area contributed by atoms with Gasteiger partial charge in [-0.15, -0.1) is 0 Å². The molecule has 0 fully saturated rings. The Labute approximate surface area is 99.0 Å². The van der Waals surface area contributed by atoms with Gasteiger partial charge in [-0.1, -0.05) is 44.5 Å². The third-order valence-corrected chi connectivity index (χ3v) is 2.51. The van der Waals surface area contributed by atoms with Crippen molar-refractivity contribution in [1.82, 2.24) is 5.32 Å². The van der Waals surface area contributed by atoms with Crippen LogP contribution in [0.3, 0.4) is 0 Å². The van der Waals surface area contributed by atoms with Crippen molar-refractivity contribution < 1.29 is 4.74 Å². The van der Waals surface area contributed by atoms with Crippen molar-refractivity contribution in [3.05, 3.63) is 35.4 Å². The van der Waals surface area contributed by atoms with Gasteiger partial charge in [0, 0.05) is 13.2 Å². The third-order valence-electron chi connectivity index (χ3n) is 2.51. The third kappa shape index (κ3) is 5.29. The van der Waals surface area contributed by atoms with Gasteiger partial charge in [0.05, 0.1) is 6.61 Å². The zero-order valence-electron chi connectivity index (χ0n) is 10.5. The molecule has 1 N–H and O–H groups in total. The van der Waals surface area contributed by atoms with E-state index in [0.717, 1.165) is 32.7 Å². The van der Waals surface area contributed by atoms with E-state index in [1.807, 2.05) is 0 Å². The van der Waals surface area contributed by atoms with Crippen molar-refractivity contribution in [3.63, 3.8) is 0 Å². The lowest BCUT2D eigenvalue weighted by molar-refractivity contribution is 0.118. The summed E-state index contributed by atoms with van der Waals surface area (Å²) in [5.74, 6) is 0. The number of benzene rings is 1. The zero-order chi connectivity index (χ0) is 11.6. The molecular formula is C14H23NO. The first kappa shape index (κ1) is 13.2. The van der Waals surface area contributed by atoms with Crippen molar-refractivity contribution >= 4 is 0 Å². The Hall–Kier alpha value is -0.860. The van der Waals surface area contributed by atoms with Gasteiger partial charge >= 0.3 is 0 Å². The monoisotopic (exact) mass is 221 g/mol. The van der Waals surface area contributed by atoms with Crippen LogP contribution in [0.5, 0.6) is 0 Å². The predicted molar refractivity (Wildman–Crippen MR) is 68.4 cm³/mol. The molecule has 0 aliphatic heterocycles. The molecular weight excluding hydrogens is 198 g/mol. The summed E-state index contributed by atoms with van der Waals surface area (Å²) in [6.45, 7) is 7.88. The van der Waals surface area contributed by atoms with E-state index in [0.29, 0.717) is 0 Å². The Morgan fingerprint density at radius 1 is 1.06 bits per heavy atom. The summed E-state index contributed by atoms with van der Waals surface area (Å²) < 4.78 is 5.57. The maximum atomic E-state index is 5.57. The topological polar surface area (TPSA) is 21.3 Å². The minimum Gasteiger partial charge on any atom is -0.377 e. The average molecular weight is 221 g/mol. The summed E-state index contributed by atoms with van der Waals surface area (Å²) in [6, 6.07) is 8.64. The van der Waals surface area contributed by atoms with Crippen LogP contribution in [0.25, 0.3) is 0 Å². The fraction of sp³-hybridized carbons (Fsp3) is 0.571.